The molecule has 1 saturated carbocycles. The maximum absolute atomic E-state index is 11.5. The van der Waals surface area contributed by atoms with E-state index < -0.39 is 0 Å². The third-order valence-electron chi connectivity index (χ3n) is 2.50. The molecule has 0 radical (unpaired) electrons. The number of benzene rings is 1. The lowest BCUT2D eigenvalue weighted by Crippen LogP contribution is -2.25. The number of carbonyl (C=O) groups is 1. The first-order valence-corrected chi connectivity index (χ1v) is 5.27. The molecule has 2 rings (SSSR count). The predicted octanol–water partition coefficient (Wildman–Crippen LogP) is 1.26. The summed E-state index contributed by atoms with van der Waals surface area (Å²) in [6, 6.07) is 7.36. The van der Waals surface area contributed by atoms with Crippen LogP contribution in [-0.4, -0.2) is 23.5 Å². The SMILES string of the molecule is O=C(CNC1CC1)Cc1ccc(O)cc1. The highest BCUT2D eigenvalue weighted by Gasteiger charge is 2.20. The van der Waals surface area contributed by atoms with Gasteiger partial charge in [0.1, 0.15) is 5.75 Å². The lowest BCUT2D eigenvalue weighted by Gasteiger charge is -2.02. The number of hydrogen-bond acceptors (Lipinski definition) is 3. The first kappa shape index (κ1) is 10.2. The third kappa shape index (κ3) is 3.36. The van der Waals surface area contributed by atoms with Crippen LogP contribution in [0.15, 0.2) is 24.3 Å². The van der Waals surface area contributed by atoms with Gasteiger partial charge in [-0.05, 0) is 30.5 Å². The number of phenols is 1. The van der Waals surface area contributed by atoms with Gasteiger partial charge < -0.3 is 10.4 Å². The Bertz CT molecular complexity index is 341. The first-order valence-electron chi connectivity index (χ1n) is 5.27. The second-order valence-corrected chi connectivity index (χ2v) is 4.04. The van der Waals surface area contributed by atoms with Crippen molar-refractivity contribution in [3.05, 3.63) is 29.8 Å². The van der Waals surface area contributed by atoms with E-state index >= 15 is 0 Å². The topological polar surface area (TPSA) is 49.3 Å². The summed E-state index contributed by atoms with van der Waals surface area (Å²) < 4.78 is 0. The molecule has 0 unspecified atom stereocenters. The molecular weight excluding hydrogens is 190 g/mol. The molecule has 0 atom stereocenters. The third-order valence-corrected chi connectivity index (χ3v) is 2.50. The van der Waals surface area contributed by atoms with Gasteiger partial charge in [0.25, 0.3) is 0 Å². The minimum atomic E-state index is 0.201. The van der Waals surface area contributed by atoms with Crippen molar-refractivity contribution in [3.63, 3.8) is 0 Å². The Morgan fingerprint density at radius 2 is 2.00 bits per heavy atom. The molecule has 1 aromatic carbocycles. The molecule has 3 nitrogen and oxygen atoms in total. The molecule has 1 aromatic rings. The zero-order chi connectivity index (χ0) is 10.7. The van der Waals surface area contributed by atoms with Crippen molar-refractivity contribution in [2.75, 3.05) is 6.54 Å². The molecule has 1 aliphatic carbocycles. The Morgan fingerprint density at radius 3 is 2.60 bits per heavy atom. The minimum absolute atomic E-state index is 0.201. The highest BCUT2D eigenvalue weighted by molar-refractivity contribution is 5.82. The molecule has 0 saturated heterocycles. The largest absolute Gasteiger partial charge is 0.508 e. The van der Waals surface area contributed by atoms with Crippen molar-refractivity contribution in [2.24, 2.45) is 0 Å². The summed E-state index contributed by atoms with van der Waals surface area (Å²) in [6.07, 6.45) is 2.85. The summed E-state index contributed by atoms with van der Waals surface area (Å²) in [7, 11) is 0. The lowest BCUT2D eigenvalue weighted by molar-refractivity contribution is -0.117. The van der Waals surface area contributed by atoms with Crippen LogP contribution in [0, 0.1) is 0 Å². The van der Waals surface area contributed by atoms with Crippen molar-refractivity contribution in [3.8, 4) is 5.75 Å². The highest BCUT2D eigenvalue weighted by Crippen LogP contribution is 2.18. The van der Waals surface area contributed by atoms with E-state index in [2.05, 4.69) is 5.32 Å². The van der Waals surface area contributed by atoms with Gasteiger partial charge in [-0.2, -0.15) is 0 Å². The fourth-order valence-corrected chi connectivity index (χ4v) is 1.45. The maximum atomic E-state index is 11.5. The Labute approximate surface area is 89.1 Å². The molecule has 15 heavy (non-hydrogen) atoms. The van der Waals surface area contributed by atoms with E-state index in [4.69, 9.17) is 5.11 Å². The number of hydrogen-bond donors (Lipinski definition) is 2. The number of carbonyl (C=O) groups excluding carboxylic acids is 1. The van der Waals surface area contributed by atoms with Crippen LogP contribution >= 0.6 is 0 Å². The maximum Gasteiger partial charge on any atom is 0.150 e. The average molecular weight is 205 g/mol. The fraction of sp³-hybridized carbons (Fsp3) is 0.417. The Kier molecular flexibility index (Phi) is 3.02. The van der Waals surface area contributed by atoms with Gasteiger partial charge in [-0.25, -0.2) is 0 Å². The Balaban J connectivity index is 1.79. The predicted molar refractivity (Wildman–Crippen MR) is 57.8 cm³/mol. The number of phenolic OH excluding ortho intramolecular Hbond substituents is 1. The molecule has 0 amide bonds. The van der Waals surface area contributed by atoms with Crippen molar-refractivity contribution in [1.82, 2.24) is 5.32 Å². The smallest absolute Gasteiger partial charge is 0.150 e. The Morgan fingerprint density at radius 1 is 1.33 bits per heavy atom. The summed E-state index contributed by atoms with van der Waals surface area (Å²) in [4.78, 5) is 11.5. The summed E-state index contributed by atoms with van der Waals surface area (Å²) in [5, 5.41) is 12.3. The van der Waals surface area contributed by atoms with Crippen LogP contribution in [0.4, 0.5) is 0 Å². The van der Waals surface area contributed by atoms with Crippen LogP contribution in [0.5, 0.6) is 5.75 Å². The summed E-state index contributed by atoms with van der Waals surface area (Å²) in [6.45, 7) is 0.464. The number of rotatable bonds is 5. The van der Waals surface area contributed by atoms with E-state index in [1.165, 1.54) is 12.8 Å². The molecule has 2 N–H and O–H groups in total. The van der Waals surface area contributed by atoms with Crippen molar-refractivity contribution in [2.45, 2.75) is 25.3 Å². The molecule has 0 aliphatic heterocycles. The van der Waals surface area contributed by atoms with Gasteiger partial charge in [-0.15, -0.1) is 0 Å². The van der Waals surface area contributed by atoms with Crippen LogP contribution in [0.2, 0.25) is 0 Å². The summed E-state index contributed by atoms with van der Waals surface area (Å²) >= 11 is 0. The van der Waals surface area contributed by atoms with E-state index in [9.17, 15) is 4.79 Å². The second kappa shape index (κ2) is 4.45. The molecule has 0 bridgehead atoms. The van der Waals surface area contributed by atoms with Gasteiger partial charge in [0.15, 0.2) is 5.78 Å². The van der Waals surface area contributed by atoms with E-state index in [0.717, 1.165) is 5.56 Å². The van der Waals surface area contributed by atoms with E-state index in [1.807, 2.05) is 0 Å². The van der Waals surface area contributed by atoms with Gasteiger partial charge in [0, 0.05) is 12.5 Å². The second-order valence-electron chi connectivity index (χ2n) is 4.04. The lowest BCUT2D eigenvalue weighted by atomic mass is 10.1. The van der Waals surface area contributed by atoms with Gasteiger partial charge in [-0.3, -0.25) is 4.79 Å². The van der Waals surface area contributed by atoms with Crippen molar-refractivity contribution in [1.29, 1.82) is 0 Å². The molecule has 0 aromatic heterocycles. The number of ketones is 1. The minimum Gasteiger partial charge on any atom is -0.508 e. The number of nitrogens with one attached hydrogen (secondary N) is 1. The van der Waals surface area contributed by atoms with E-state index in [0.29, 0.717) is 19.0 Å². The average Bonchev–Trinajstić information content (AvgIpc) is 3.02. The molecule has 1 fully saturated rings. The summed E-state index contributed by atoms with van der Waals surface area (Å²) in [5.41, 5.74) is 0.954. The van der Waals surface area contributed by atoms with Gasteiger partial charge in [-0.1, -0.05) is 12.1 Å². The number of Topliss-reactive ketones (excluding diaryl/α,β-unsaturated/α-hetero) is 1. The zero-order valence-electron chi connectivity index (χ0n) is 8.57. The Hall–Kier alpha value is -1.35. The van der Waals surface area contributed by atoms with E-state index in [1.54, 1.807) is 24.3 Å². The molecule has 80 valence electrons. The van der Waals surface area contributed by atoms with Gasteiger partial charge >= 0.3 is 0 Å². The highest BCUT2D eigenvalue weighted by atomic mass is 16.3. The van der Waals surface area contributed by atoms with Crippen LogP contribution in [-0.2, 0) is 11.2 Å². The van der Waals surface area contributed by atoms with E-state index in [-0.39, 0.29) is 11.5 Å². The summed E-state index contributed by atoms with van der Waals surface area (Å²) in [5.74, 6) is 0.440. The van der Waals surface area contributed by atoms with Crippen LogP contribution in [0.1, 0.15) is 18.4 Å². The van der Waals surface area contributed by atoms with Crippen molar-refractivity contribution >= 4 is 5.78 Å². The number of aromatic hydroxyl groups is 1. The fourth-order valence-electron chi connectivity index (χ4n) is 1.45. The van der Waals surface area contributed by atoms with Crippen LogP contribution in [0.3, 0.4) is 0 Å². The molecule has 3 heteroatoms. The van der Waals surface area contributed by atoms with Crippen LogP contribution < -0.4 is 5.32 Å². The quantitative estimate of drug-likeness (QED) is 0.760. The monoisotopic (exact) mass is 205 g/mol. The molecule has 1 aliphatic rings. The zero-order valence-corrected chi connectivity index (χ0v) is 8.57. The standard InChI is InChI=1S/C12H15NO2/c14-11-5-1-9(2-6-11)7-12(15)8-13-10-3-4-10/h1-2,5-6,10,13-14H,3-4,7-8H2. The normalized spacial score (nSPS) is 15.2. The molecule has 0 heterocycles. The van der Waals surface area contributed by atoms with Crippen molar-refractivity contribution < 1.29 is 9.90 Å². The molecule has 0 spiro atoms. The van der Waals surface area contributed by atoms with Crippen LogP contribution in [0.25, 0.3) is 0 Å². The van der Waals surface area contributed by atoms with Gasteiger partial charge in [0.2, 0.25) is 0 Å². The first-order chi connectivity index (χ1) is 7.24. The van der Waals surface area contributed by atoms with Gasteiger partial charge in [0.05, 0.1) is 6.54 Å². The molecular formula is C12H15NO2.